The van der Waals surface area contributed by atoms with Crippen molar-refractivity contribution in [3.8, 4) is 0 Å². The molecule has 6 nitrogen and oxygen atoms in total. The molecule has 2 aliphatic rings. The Morgan fingerprint density at radius 2 is 2.32 bits per heavy atom. The molecule has 0 radical (unpaired) electrons. The topological polar surface area (TPSA) is 77.3 Å². The summed E-state index contributed by atoms with van der Waals surface area (Å²) in [6, 6.07) is 2.48. The van der Waals surface area contributed by atoms with Gasteiger partial charge in [0.05, 0.1) is 0 Å². The van der Waals surface area contributed by atoms with Gasteiger partial charge in [-0.05, 0) is 28.8 Å². The van der Waals surface area contributed by atoms with Gasteiger partial charge in [0, 0.05) is 61.2 Å². The van der Waals surface area contributed by atoms with E-state index in [-0.39, 0.29) is 5.56 Å². The zero-order valence-corrected chi connectivity index (χ0v) is 14.2. The van der Waals surface area contributed by atoms with Crippen molar-refractivity contribution < 1.29 is 4.99 Å². The summed E-state index contributed by atoms with van der Waals surface area (Å²) in [7, 11) is 1.71. The van der Waals surface area contributed by atoms with Gasteiger partial charge in [-0.2, -0.15) is 0 Å². The van der Waals surface area contributed by atoms with Gasteiger partial charge in [0.25, 0.3) is 11.4 Å². The number of halogens is 1. The predicted molar refractivity (Wildman–Crippen MR) is 89.9 cm³/mol. The standard InChI is InChI=1S/C15H20BrN5O/c1-20-8-10(16)6-13(15(20)22)19-14(17)7-11-9-21(5-4-18-11)12-2-3-12/h6-8,12,18H,2-5,9H2,1H3,(H2,17,19)/p+1/b11-7-. The summed E-state index contributed by atoms with van der Waals surface area (Å²) in [6.07, 6.45) is 6.21. The van der Waals surface area contributed by atoms with Crippen LogP contribution in [0.5, 0.6) is 0 Å². The maximum atomic E-state index is 12.1. The molecule has 0 spiro atoms. The summed E-state index contributed by atoms with van der Waals surface area (Å²) >= 11 is 3.38. The lowest BCUT2D eigenvalue weighted by Gasteiger charge is -2.29. The number of piperazine rings is 1. The molecule has 1 aromatic heterocycles. The molecule has 2 fully saturated rings. The average molecular weight is 367 g/mol. The Labute approximate surface area is 137 Å². The quantitative estimate of drug-likeness (QED) is 0.482. The number of hydrogen-bond acceptors (Lipinski definition) is 3. The molecular weight excluding hydrogens is 346 g/mol. The van der Waals surface area contributed by atoms with E-state index in [0.29, 0.717) is 11.5 Å². The first-order valence-electron chi connectivity index (χ1n) is 7.47. The van der Waals surface area contributed by atoms with Gasteiger partial charge in [-0.3, -0.25) is 15.4 Å². The van der Waals surface area contributed by atoms with E-state index >= 15 is 0 Å². The van der Waals surface area contributed by atoms with Gasteiger partial charge in [0.15, 0.2) is 5.69 Å². The second-order valence-corrected chi connectivity index (χ2v) is 6.78. The van der Waals surface area contributed by atoms with Crippen molar-refractivity contribution in [2.45, 2.75) is 18.9 Å². The van der Waals surface area contributed by atoms with Crippen LogP contribution < -0.4 is 21.6 Å². The summed E-state index contributed by atoms with van der Waals surface area (Å²) in [5, 5.41) is 3.37. The summed E-state index contributed by atoms with van der Waals surface area (Å²) in [4.78, 5) is 17.5. The molecule has 4 N–H and O–H groups in total. The number of amidine groups is 1. The number of nitrogens with one attached hydrogen (secondary N) is 2. The van der Waals surface area contributed by atoms with E-state index < -0.39 is 0 Å². The van der Waals surface area contributed by atoms with Crippen LogP contribution in [0.25, 0.3) is 0 Å². The molecule has 0 unspecified atom stereocenters. The summed E-state index contributed by atoms with van der Waals surface area (Å²) < 4.78 is 2.34. The van der Waals surface area contributed by atoms with E-state index in [2.05, 4.69) is 31.1 Å². The lowest BCUT2D eigenvalue weighted by Crippen LogP contribution is -2.71. The van der Waals surface area contributed by atoms with Crippen LogP contribution in [-0.2, 0) is 7.05 Å². The maximum absolute atomic E-state index is 12.1. The normalized spacial score (nSPS) is 21.9. The van der Waals surface area contributed by atoms with Crippen molar-refractivity contribution in [3.63, 3.8) is 0 Å². The molecule has 1 aromatic rings. The molecule has 0 aromatic carbocycles. The van der Waals surface area contributed by atoms with Crippen molar-refractivity contribution >= 4 is 27.5 Å². The second kappa shape index (κ2) is 6.26. The number of hydrogen-bond donors (Lipinski definition) is 3. The summed E-state index contributed by atoms with van der Waals surface area (Å²) in [6.45, 7) is 2.92. The Bertz CT molecular complexity index is 690. The Hall–Kier alpha value is -1.60. The molecule has 1 aliphatic heterocycles. The number of aromatic nitrogens is 1. The Morgan fingerprint density at radius 1 is 1.55 bits per heavy atom. The first-order chi connectivity index (χ1) is 10.5. The zero-order valence-electron chi connectivity index (χ0n) is 12.6. The first-order valence-corrected chi connectivity index (χ1v) is 8.26. The third-order valence-corrected chi connectivity index (χ3v) is 4.38. The fraction of sp³-hybridized carbons (Fsp3) is 0.467. The number of rotatable bonds is 3. The van der Waals surface area contributed by atoms with E-state index in [1.165, 1.54) is 17.4 Å². The van der Waals surface area contributed by atoms with Crippen LogP contribution >= 0.6 is 15.9 Å². The third-order valence-electron chi connectivity index (χ3n) is 3.95. The highest BCUT2D eigenvalue weighted by Crippen LogP contribution is 2.27. The van der Waals surface area contributed by atoms with Crippen molar-refractivity contribution in [2.75, 3.05) is 19.6 Å². The zero-order chi connectivity index (χ0) is 15.7. The minimum atomic E-state index is -0.110. The van der Waals surface area contributed by atoms with Gasteiger partial charge in [-0.25, -0.2) is 4.99 Å². The highest BCUT2D eigenvalue weighted by Gasteiger charge is 2.30. The van der Waals surface area contributed by atoms with Crippen LogP contribution in [0, 0.1) is 0 Å². The van der Waals surface area contributed by atoms with E-state index in [9.17, 15) is 4.79 Å². The molecule has 22 heavy (non-hydrogen) atoms. The first kappa shape index (κ1) is 15.3. The number of pyridine rings is 1. The van der Waals surface area contributed by atoms with Crippen molar-refractivity contribution in [2.24, 2.45) is 12.8 Å². The van der Waals surface area contributed by atoms with E-state index in [1.807, 2.05) is 6.08 Å². The molecule has 3 rings (SSSR count). The molecular formula is C15H21BrN5O+. The summed E-state index contributed by atoms with van der Waals surface area (Å²) in [5.41, 5.74) is 7.49. The van der Waals surface area contributed by atoms with E-state index in [1.54, 1.807) is 19.3 Å². The van der Waals surface area contributed by atoms with Crippen molar-refractivity contribution in [1.29, 1.82) is 0 Å². The molecule has 118 valence electrons. The Balaban J connectivity index is 1.79. The van der Waals surface area contributed by atoms with Gasteiger partial charge in [-0.1, -0.05) is 0 Å². The summed E-state index contributed by atoms with van der Waals surface area (Å²) in [5.74, 6) is 0.468. The smallest absolute Gasteiger partial charge is 0.297 e. The molecule has 0 amide bonds. The van der Waals surface area contributed by atoms with Gasteiger partial charge in [0.1, 0.15) is 0 Å². The molecule has 1 aliphatic carbocycles. The lowest BCUT2D eigenvalue weighted by atomic mass is 10.2. The average Bonchev–Trinajstić information content (AvgIpc) is 3.29. The maximum Gasteiger partial charge on any atom is 0.297 e. The second-order valence-electron chi connectivity index (χ2n) is 5.87. The van der Waals surface area contributed by atoms with Crippen LogP contribution in [-0.4, -0.2) is 41.0 Å². The molecule has 1 saturated carbocycles. The number of nitrogens with two attached hydrogens (primary N) is 1. The molecule has 0 atom stereocenters. The fourth-order valence-corrected chi connectivity index (χ4v) is 3.24. The van der Waals surface area contributed by atoms with Crippen molar-refractivity contribution in [3.05, 3.63) is 38.9 Å². The van der Waals surface area contributed by atoms with Crippen LogP contribution in [0.1, 0.15) is 12.8 Å². The molecule has 1 saturated heterocycles. The van der Waals surface area contributed by atoms with E-state index in [4.69, 9.17) is 5.73 Å². The monoisotopic (exact) mass is 366 g/mol. The number of nitrogens with zero attached hydrogens (tertiary/aromatic N) is 2. The van der Waals surface area contributed by atoms with Gasteiger partial charge >= 0.3 is 0 Å². The highest BCUT2D eigenvalue weighted by molar-refractivity contribution is 9.10. The van der Waals surface area contributed by atoms with Crippen LogP contribution in [0.2, 0.25) is 0 Å². The van der Waals surface area contributed by atoms with Gasteiger partial charge in [-0.15, -0.1) is 0 Å². The Morgan fingerprint density at radius 3 is 3.05 bits per heavy atom. The highest BCUT2D eigenvalue weighted by atomic mass is 79.9. The largest absolute Gasteiger partial charge is 0.386 e. The lowest BCUT2D eigenvalue weighted by molar-refractivity contribution is -0.355. The van der Waals surface area contributed by atoms with Gasteiger partial charge < -0.3 is 9.88 Å². The molecule has 2 heterocycles. The van der Waals surface area contributed by atoms with Crippen LogP contribution in [0.15, 0.2) is 33.3 Å². The predicted octanol–water partition coefficient (Wildman–Crippen LogP) is -0.831. The van der Waals surface area contributed by atoms with Gasteiger partial charge in [0.2, 0.25) is 0 Å². The minimum Gasteiger partial charge on any atom is -0.386 e. The third kappa shape index (κ3) is 3.59. The van der Waals surface area contributed by atoms with E-state index in [0.717, 1.165) is 35.8 Å². The number of aryl methyl sites for hydroxylation is 1. The SMILES string of the molecule is Cn1cc(Br)cc([NH+]=C(N)/C=C2/CN(C3CC3)CCN2)c1=O. The minimum absolute atomic E-state index is 0.110. The van der Waals surface area contributed by atoms with Crippen LogP contribution in [0.4, 0.5) is 5.69 Å². The molecule has 7 heteroatoms. The Kier molecular flexibility index (Phi) is 4.35. The fourth-order valence-electron chi connectivity index (χ4n) is 2.70. The van der Waals surface area contributed by atoms with Crippen LogP contribution in [0.3, 0.4) is 0 Å². The molecule has 0 bridgehead atoms. The van der Waals surface area contributed by atoms with Crippen molar-refractivity contribution in [1.82, 2.24) is 14.8 Å².